The number of aromatic nitrogens is 1. The fourth-order valence-electron chi connectivity index (χ4n) is 3.95. The van der Waals surface area contributed by atoms with Crippen molar-refractivity contribution in [2.45, 2.75) is 26.8 Å². The maximum atomic E-state index is 13.6. The van der Waals surface area contributed by atoms with Crippen LogP contribution < -0.4 is 24.4 Å². The van der Waals surface area contributed by atoms with Crippen molar-refractivity contribution in [3.8, 4) is 11.5 Å². The number of nitrogens with zero attached hydrogens (tertiary/aromatic N) is 2. The normalized spacial score (nSPS) is 15.4. The van der Waals surface area contributed by atoms with Crippen molar-refractivity contribution < 1.29 is 23.8 Å². The lowest BCUT2D eigenvalue weighted by atomic mass is 10.0. The van der Waals surface area contributed by atoms with Gasteiger partial charge < -0.3 is 14.2 Å². The van der Waals surface area contributed by atoms with Crippen molar-refractivity contribution in [3.05, 3.63) is 96.7 Å². The van der Waals surface area contributed by atoms with Gasteiger partial charge in [0.05, 0.1) is 35.6 Å². The Labute approximate surface area is 217 Å². The van der Waals surface area contributed by atoms with Crippen LogP contribution in [0.25, 0.3) is 12.2 Å². The summed E-state index contributed by atoms with van der Waals surface area (Å²) in [7, 11) is 1.47. The van der Waals surface area contributed by atoms with Gasteiger partial charge >= 0.3 is 11.9 Å². The van der Waals surface area contributed by atoms with Crippen LogP contribution in [0.4, 0.5) is 0 Å². The number of allylic oxidation sites excluding steroid dienone is 2. The second-order valence-corrected chi connectivity index (χ2v) is 9.13. The van der Waals surface area contributed by atoms with E-state index in [1.165, 1.54) is 29.9 Å². The lowest BCUT2D eigenvalue weighted by Gasteiger charge is -2.21. The summed E-state index contributed by atoms with van der Waals surface area (Å²) >= 11 is 1.22. The van der Waals surface area contributed by atoms with Crippen LogP contribution in [0.1, 0.15) is 37.9 Å². The molecule has 0 amide bonds. The Bertz CT molecular complexity index is 1580. The molecule has 2 heterocycles. The van der Waals surface area contributed by atoms with Crippen molar-refractivity contribution in [3.63, 3.8) is 0 Å². The van der Waals surface area contributed by atoms with Gasteiger partial charge in [-0.15, -0.1) is 0 Å². The van der Waals surface area contributed by atoms with E-state index < -0.39 is 18.0 Å². The van der Waals surface area contributed by atoms with Gasteiger partial charge in [-0.3, -0.25) is 14.2 Å². The van der Waals surface area contributed by atoms with E-state index in [-0.39, 0.29) is 17.9 Å². The molecule has 190 valence electrons. The smallest absolute Gasteiger partial charge is 0.338 e. The summed E-state index contributed by atoms with van der Waals surface area (Å²) in [6.45, 7) is 4.99. The standard InChI is InChI=1S/C28H26N2O6S/c1-5-35-27(33)25-17(2)29-28-30(21(25)13-11-19-9-7-6-8-10-19)26(32)24(37-28)16-20-12-14-22(36-18(3)31)23(15-20)34-4/h6-16,21H,5H2,1-4H3/b13-11+,24-16+. The average Bonchev–Trinajstić information content (AvgIpc) is 3.17. The summed E-state index contributed by atoms with van der Waals surface area (Å²) < 4.78 is 17.7. The van der Waals surface area contributed by atoms with E-state index in [0.717, 1.165) is 5.56 Å². The molecule has 0 aliphatic carbocycles. The van der Waals surface area contributed by atoms with Gasteiger partial charge in [-0.1, -0.05) is 59.9 Å². The molecule has 8 nitrogen and oxygen atoms in total. The van der Waals surface area contributed by atoms with E-state index >= 15 is 0 Å². The molecule has 0 spiro atoms. The minimum Gasteiger partial charge on any atom is -0.493 e. The summed E-state index contributed by atoms with van der Waals surface area (Å²) in [5.74, 6) is -0.322. The van der Waals surface area contributed by atoms with E-state index in [9.17, 15) is 14.4 Å². The maximum Gasteiger partial charge on any atom is 0.338 e. The molecular weight excluding hydrogens is 492 g/mol. The lowest BCUT2D eigenvalue weighted by Crippen LogP contribution is -2.38. The molecule has 0 radical (unpaired) electrons. The highest BCUT2D eigenvalue weighted by molar-refractivity contribution is 7.07. The fourth-order valence-corrected chi connectivity index (χ4v) is 5.00. The molecule has 0 fully saturated rings. The van der Waals surface area contributed by atoms with Gasteiger partial charge in [0.1, 0.15) is 0 Å². The predicted molar refractivity (Wildman–Crippen MR) is 141 cm³/mol. The molecule has 1 aliphatic heterocycles. The molecule has 0 saturated carbocycles. The molecular formula is C28H26N2O6S. The summed E-state index contributed by atoms with van der Waals surface area (Å²) in [6.07, 6.45) is 5.40. The Morgan fingerprint density at radius 3 is 2.54 bits per heavy atom. The van der Waals surface area contributed by atoms with Crippen molar-refractivity contribution >= 4 is 35.4 Å². The molecule has 1 unspecified atom stereocenters. The van der Waals surface area contributed by atoms with Crippen LogP contribution in [0.5, 0.6) is 11.5 Å². The number of rotatable bonds is 7. The van der Waals surface area contributed by atoms with Gasteiger partial charge in [-0.2, -0.15) is 0 Å². The highest BCUT2D eigenvalue weighted by Crippen LogP contribution is 2.29. The highest BCUT2D eigenvalue weighted by atomic mass is 32.1. The quantitative estimate of drug-likeness (QED) is 0.351. The molecule has 1 aromatic heterocycles. The Kier molecular flexibility index (Phi) is 7.83. The van der Waals surface area contributed by atoms with Crippen LogP contribution in [0.2, 0.25) is 0 Å². The topological polar surface area (TPSA) is 96.2 Å². The first kappa shape index (κ1) is 25.8. The van der Waals surface area contributed by atoms with Crippen LogP contribution in [-0.4, -0.2) is 30.2 Å². The summed E-state index contributed by atoms with van der Waals surface area (Å²) in [4.78, 5) is 42.9. The third kappa shape index (κ3) is 5.62. The highest BCUT2D eigenvalue weighted by Gasteiger charge is 2.30. The molecule has 0 saturated heterocycles. The number of hydrogen-bond donors (Lipinski definition) is 0. The molecule has 3 aromatic rings. The van der Waals surface area contributed by atoms with E-state index in [4.69, 9.17) is 14.2 Å². The number of benzene rings is 2. The van der Waals surface area contributed by atoms with Crippen molar-refractivity contribution in [1.82, 2.24) is 4.57 Å². The number of hydrogen-bond acceptors (Lipinski definition) is 8. The lowest BCUT2D eigenvalue weighted by molar-refractivity contribution is -0.139. The van der Waals surface area contributed by atoms with Crippen molar-refractivity contribution in [2.24, 2.45) is 4.99 Å². The Balaban J connectivity index is 1.83. The monoisotopic (exact) mass is 518 g/mol. The Morgan fingerprint density at radius 2 is 1.86 bits per heavy atom. The first-order chi connectivity index (χ1) is 17.8. The zero-order valence-electron chi connectivity index (χ0n) is 20.9. The molecule has 2 aromatic carbocycles. The molecule has 1 atom stereocenters. The average molecular weight is 519 g/mol. The molecule has 37 heavy (non-hydrogen) atoms. The number of ether oxygens (including phenoxy) is 3. The van der Waals surface area contributed by atoms with Gasteiger partial charge in [0, 0.05) is 6.92 Å². The second kappa shape index (κ2) is 11.2. The molecule has 4 rings (SSSR count). The number of fused-ring (bicyclic) bond motifs is 1. The van der Waals surface area contributed by atoms with Crippen LogP contribution in [-0.2, 0) is 14.3 Å². The van der Waals surface area contributed by atoms with Gasteiger partial charge in [0.25, 0.3) is 5.56 Å². The van der Waals surface area contributed by atoms with E-state index in [2.05, 4.69) is 4.99 Å². The van der Waals surface area contributed by atoms with Gasteiger partial charge in [-0.25, -0.2) is 9.79 Å². The second-order valence-electron chi connectivity index (χ2n) is 8.12. The first-order valence-corrected chi connectivity index (χ1v) is 12.4. The first-order valence-electron chi connectivity index (χ1n) is 11.6. The van der Waals surface area contributed by atoms with Gasteiger partial charge in [-0.05, 0) is 43.2 Å². The van der Waals surface area contributed by atoms with Crippen molar-refractivity contribution in [2.75, 3.05) is 13.7 Å². The Morgan fingerprint density at radius 1 is 1.11 bits per heavy atom. The van der Waals surface area contributed by atoms with E-state index in [1.807, 2.05) is 42.5 Å². The molecule has 9 heteroatoms. The van der Waals surface area contributed by atoms with Gasteiger partial charge in [0.2, 0.25) is 0 Å². The fraction of sp³-hybridized carbons (Fsp3) is 0.214. The van der Waals surface area contributed by atoms with Gasteiger partial charge in [0.15, 0.2) is 16.3 Å². The third-order valence-corrected chi connectivity index (χ3v) is 6.55. The number of carbonyl (C=O) groups excluding carboxylic acids is 2. The summed E-state index contributed by atoms with van der Waals surface area (Å²) in [5, 5.41) is 0. The van der Waals surface area contributed by atoms with E-state index in [1.54, 1.807) is 38.1 Å². The Hall–Kier alpha value is -4.24. The van der Waals surface area contributed by atoms with Crippen LogP contribution in [0.3, 0.4) is 0 Å². The molecule has 0 N–H and O–H groups in total. The number of thiazole rings is 1. The minimum absolute atomic E-state index is 0.209. The molecule has 1 aliphatic rings. The van der Waals surface area contributed by atoms with Crippen molar-refractivity contribution in [1.29, 1.82) is 0 Å². The number of esters is 2. The number of carbonyl (C=O) groups is 2. The molecule has 0 bridgehead atoms. The van der Waals surface area contributed by atoms with E-state index in [0.29, 0.717) is 31.9 Å². The predicted octanol–water partition coefficient (Wildman–Crippen LogP) is 3.40. The minimum atomic E-state index is -0.682. The zero-order chi connectivity index (χ0) is 26.5. The summed E-state index contributed by atoms with van der Waals surface area (Å²) in [6, 6.07) is 14.0. The largest absolute Gasteiger partial charge is 0.493 e. The SMILES string of the molecule is CCOC(=O)C1=C(C)N=c2s/c(=C/c3ccc(OC(C)=O)c(OC)c3)c(=O)n2C1/C=C/c1ccccc1. The number of methoxy groups -OCH3 is 1. The third-order valence-electron chi connectivity index (χ3n) is 5.57. The zero-order valence-corrected chi connectivity index (χ0v) is 21.7. The maximum absolute atomic E-state index is 13.6. The summed E-state index contributed by atoms with van der Waals surface area (Å²) in [5.41, 5.74) is 2.14. The van der Waals surface area contributed by atoms with Crippen LogP contribution in [0.15, 0.2) is 75.7 Å². The van der Waals surface area contributed by atoms with Crippen LogP contribution >= 0.6 is 11.3 Å². The van der Waals surface area contributed by atoms with Crippen LogP contribution in [0, 0.1) is 0 Å².